The van der Waals surface area contributed by atoms with E-state index >= 15 is 0 Å². The molecular formula is C26H54OSi2. The summed E-state index contributed by atoms with van der Waals surface area (Å²) in [7, 11) is -3.29. The lowest BCUT2D eigenvalue weighted by atomic mass is 10.4. The van der Waals surface area contributed by atoms with Crippen LogP contribution in [0.1, 0.15) is 130 Å². The minimum absolute atomic E-state index is 0.997. The monoisotopic (exact) mass is 438 g/mol. The molecule has 2 saturated carbocycles. The van der Waals surface area contributed by atoms with E-state index in [9.17, 15) is 0 Å². The van der Waals surface area contributed by atoms with Crippen LogP contribution in [-0.4, -0.2) is 16.6 Å². The van der Waals surface area contributed by atoms with E-state index in [4.69, 9.17) is 4.12 Å². The molecule has 0 aromatic carbocycles. The van der Waals surface area contributed by atoms with Crippen LogP contribution in [0, 0.1) is 0 Å². The van der Waals surface area contributed by atoms with Crippen LogP contribution in [-0.2, 0) is 4.12 Å². The van der Waals surface area contributed by atoms with E-state index in [1.165, 1.54) is 127 Å². The highest BCUT2D eigenvalue weighted by molar-refractivity contribution is 6.88. The fourth-order valence-corrected chi connectivity index (χ4v) is 21.7. The van der Waals surface area contributed by atoms with Crippen LogP contribution >= 0.6 is 0 Å². The van der Waals surface area contributed by atoms with Gasteiger partial charge >= 0.3 is 0 Å². The van der Waals surface area contributed by atoms with Gasteiger partial charge in [0.25, 0.3) is 0 Å². The molecule has 0 amide bonds. The fraction of sp³-hybridized carbons (Fsp3) is 1.00. The lowest BCUT2D eigenvalue weighted by Crippen LogP contribution is -2.55. The molecule has 0 saturated heterocycles. The fourth-order valence-electron chi connectivity index (χ4n) is 6.65. The third-order valence-electron chi connectivity index (χ3n) is 8.42. The summed E-state index contributed by atoms with van der Waals surface area (Å²) in [5.74, 6) is 0. The van der Waals surface area contributed by atoms with E-state index in [0.29, 0.717) is 0 Å². The highest BCUT2D eigenvalue weighted by Gasteiger charge is 2.52. The summed E-state index contributed by atoms with van der Waals surface area (Å²) in [5, 5.41) is 0. The summed E-state index contributed by atoms with van der Waals surface area (Å²) in [6, 6.07) is 5.98. The van der Waals surface area contributed by atoms with Crippen LogP contribution < -0.4 is 0 Å². The number of rotatable bonds is 16. The first-order chi connectivity index (χ1) is 14.2. The molecule has 2 aliphatic carbocycles. The van der Waals surface area contributed by atoms with Crippen molar-refractivity contribution in [2.24, 2.45) is 0 Å². The normalized spacial score (nSPS) is 19.4. The topological polar surface area (TPSA) is 9.23 Å². The molecule has 0 aliphatic heterocycles. The second-order valence-corrected chi connectivity index (χ2v) is 19.3. The maximum atomic E-state index is 8.08. The predicted molar refractivity (Wildman–Crippen MR) is 136 cm³/mol. The molecule has 0 bridgehead atoms. The molecule has 0 radical (unpaired) electrons. The van der Waals surface area contributed by atoms with E-state index in [-0.39, 0.29) is 0 Å². The Bertz CT molecular complexity index is 359. The molecule has 0 spiro atoms. The minimum Gasteiger partial charge on any atom is -0.454 e. The first-order valence-corrected chi connectivity index (χ1v) is 18.7. The zero-order chi connectivity index (χ0) is 21.0. The molecule has 1 nitrogen and oxygen atoms in total. The van der Waals surface area contributed by atoms with Crippen LogP contribution in [0.3, 0.4) is 0 Å². The van der Waals surface area contributed by atoms with Crippen molar-refractivity contribution in [1.29, 1.82) is 0 Å². The Kier molecular flexibility index (Phi) is 12.1. The van der Waals surface area contributed by atoms with Gasteiger partial charge in [0.2, 0.25) is 0 Å². The van der Waals surface area contributed by atoms with Crippen molar-refractivity contribution in [2.45, 2.75) is 166 Å². The van der Waals surface area contributed by atoms with Gasteiger partial charge in [-0.25, -0.2) is 0 Å². The number of unbranched alkanes of at least 4 members (excludes halogenated alkanes) is 4. The van der Waals surface area contributed by atoms with Crippen molar-refractivity contribution < 1.29 is 4.12 Å². The standard InChI is InChI=1S/C26H54OSi2/c1-5-9-21-28(22-10-6-2,25-17-13-14-18-25)27-29(23-11-7-3,24-12-8-4)26-19-15-16-20-26/h25-26H,5-24H2,1-4H3. The molecule has 2 aliphatic rings. The van der Waals surface area contributed by atoms with Gasteiger partial charge in [-0.2, -0.15) is 0 Å². The Balaban J connectivity index is 2.38. The number of hydrogen-bond acceptors (Lipinski definition) is 1. The highest BCUT2D eigenvalue weighted by Crippen LogP contribution is 2.52. The third-order valence-corrected chi connectivity index (χ3v) is 20.6. The van der Waals surface area contributed by atoms with Gasteiger partial charge in [-0.05, 0) is 35.3 Å². The zero-order valence-electron chi connectivity index (χ0n) is 20.7. The van der Waals surface area contributed by atoms with E-state index in [0.717, 1.165) is 11.1 Å². The molecule has 0 heterocycles. The highest BCUT2D eigenvalue weighted by atomic mass is 28.4. The summed E-state index contributed by atoms with van der Waals surface area (Å²) in [5.41, 5.74) is 1.99. The van der Waals surface area contributed by atoms with Gasteiger partial charge in [0, 0.05) is 0 Å². The summed E-state index contributed by atoms with van der Waals surface area (Å²) in [6.07, 6.45) is 23.2. The van der Waals surface area contributed by atoms with E-state index in [1.807, 2.05) is 0 Å². The summed E-state index contributed by atoms with van der Waals surface area (Å²) >= 11 is 0. The lowest BCUT2D eigenvalue weighted by molar-refractivity contribution is 0.443. The van der Waals surface area contributed by atoms with Crippen molar-refractivity contribution in [1.82, 2.24) is 0 Å². The van der Waals surface area contributed by atoms with Gasteiger partial charge < -0.3 is 4.12 Å². The summed E-state index contributed by atoms with van der Waals surface area (Å²) in [6.45, 7) is 9.62. The molecule has 0 atom stereocenters. The first kappa shape index (κ1) is 25.7. The van der Waals surface area contributed by atoms with Gasteiger partial charge in [0.1, 0.15) is 0 Å². The first-order valence-electron chi connectivity index (χ1n) is 13.9. The largest absolute Gasteiger partial charge is 0.454 e. The third kappa shape index (κ3) is 7.21. The summed E-state index contributed by atoms with van der Waals surface area (Å²) < 4.78 is 8.08. The molecule has 3 heteroatoms. The Morgan fingerprint density at radius 1 is 0.517 bits per heavy atom. The lowest BCUT2D eigenvalue weighted by Gasteiger charge is -2.49. The van der Waals surface area contributed by atoms with E-state index in [2.05, 4.69) is 27.7 Å². The molecule has 0 unspecified atom stereocenters. The van der Waals surface area contributed by atoms with Gasteiger partial charge in [-0.1, -0.05) is 130 Å². The Hall–Kier alpha value is 0.394. The molecule has 0 aromatic rings. The van der Waals surface area contributed by atoms with Crippen LogP contribution in [0.2, 0.25) is 35.3 Å². The van der Waals surface area contributed by atoms with Gasteiger partial charge in [-0.3, -0.25) is 0 Å². The van der Waals surface area contributed by atoms with Crippen molar-refractivity contribution >= 4 is 16.6 Å². The van der Waals surface area contributed by atoms with E-state index < -0.39 is 16.6 Å². The maximum Gasteiger partial charge on any atom is 0.182 e. The van der Waals surface area contributed by atoms with Crippen molar-refractivity contribution in [3.63, 3.8) is 0 Å². The molecule has 0 N–H and O–H groups in total. The van der Waals surface area contributed by atoms with Crippen LogP contribution in [0.5, 0.6) is 0 Å². The van der Waals surface area contributed by atoms with Crippen LogP contribution in [0.25, 0.3) is 0 Å². The van der Waals surface area contributed by atoms with E-state index in [1.54, 1.807) is 0 Å². The van der Waals surface area contributed by atoms with Crippen molar-refractivity contribution in [3.8, 4) is 0 Å². The summed E-state index contributed by atoms with van der Waals surface area (Å²) in [4.78, 5) is 0. The molecule has 2 rings (SSSR count). The molecule has 172 valence electrons. The minimum atomic E-state index is -1.65. The average Bonchev–Trinajstić information content (AvgIpc) is 3.46. The van der Waals surface area contributed by atoms with Crippen molar-refractivity contribution in [2.75, 3.05) is 0 Å². The number of hydrogen-bond donors (Lipinski definition) is 0. The van der Waals surface area contributed by atoms with Gasteiger partial charge in [0.15, 0.2) is 16.6 Å². The molecular weight excluding hydrogens is 384 g/mol. The SMILES string of the molecule is CCCC[Si](CCCC)(O[Si](CCCC)(CCCC)C1CCCC1)C1CCCC1. The Morgan fingerprint density at radius 3 is 1.03 bits per heavy atom. The second-order valence-electron chi connectivity index (χ2n) is 10.6. The predicted octanol–water partition coefficient (Wildman–Crippen LogP) is 9.98. The van der Waals surface area contributed by atoms with Gasteiger partial charge in [-0.15, -0.1) is 0 Å². The van der Waals surface area contributed by atoms with Gasteiger partial charge in [0.05, 0.1) is 0 Å². The smallest absolute Gasteiger partial charge is 0.182 e. The average molecular weight is 439 g/mol. The Labute approximate surface area is 186 Å². The second kappa shape index (κ2) is 13.7. The molecule has 29 heavy (non-hydrogen) atoms. The molecule has 2 fully saturated rings. The zero-order valence-corrected chi connectivity index (χ0v) is 22.7. The van der Waals surface area contributed by atoms with Crippen LogP contribution in [0.15, 0.2) is 0 Å². The Morgan fingerprint density at radius 2 is 0.793 bits per heavy atom. The molecule has 0 aromatic heterocycles. The van der Waals surface area contributed by atoms with Crippen LogP contribution in [0.4, 0.5) is 0 Å². The maximum absolute atomic E-state index is 8.08. The quantitative estimate of drug-likeness (QED) is 0.218. The van der Waals surface area contributed by atoms with Crippen molar-refractivity contribution in [3.05, 3.63) is 0 Å².